The van der Waals surface area contributed by atoms with Gasteiger partial charge in [-0.3, -0.25) is 9.69 Å². The highest BCUT2D eigenvalue weighted by Gasteiger charge is 2.22. The van der Waals surface area contributed by atoms with Crippen LogP contribution in [0.25, 0.3) is 0 Å². The molecule has 0 aromatic heterocycles. The summed E-state index contributed by atoms with van der Waals surface area (Å²) in [4.78, 5) is 13.5. The average molecular weight is 169 g/mol. The minimum absolute atomic E-state index is 0.411. The van der Waals surface area contributed by atoms with Crippen molar-refractivity contribution in [1.29, 1.82) is 0 Å². The van der Waals surface area contributed by atoms with Crippen molar-refractivity contribution in [2.75, 3.05) is 13.1 Å². The van der Waals surface area contributed by atoms with E-state index in [1.807, 2.05) is 0 Å². The monoisotopic (exact) mass is 169 g/mol. The number of likely N-dealkylation sites (tertiary alicyclic amines) is 1. The molecule has 1 fully saturated rings. The molecule has 2 nitrogen and oxygen atoms in total. The van der Waals surface area contributed by atoms with Gasteiger partial charge in [0.15, 0.2) is 0 Å². The second-order valence-corrected chi connectivity index (χ2v) is 4.10. The van der Waals surface area contributed by atoms with Gasteiger partial charge in [-0.1, -0.05) is 13.8 Å². The predicted molar refractivity (Wildman–Crippen MR) is 50.1 cm³/mol. The number of ketones is 1. The Morgan fingerprint density at radius 2 is 2.00 bits per heavy atom. The van der Waals surface area contributed by atoms with Gasteiger partial charge in [0.05, 0.1) is 6.54 Å². The summed E-state index contributed by atoms with van der Waals surface area (Å²) in [5, 5.41) is 0. The lowest BCUT2D eigenvalue weighted by Crippen LogP contribution is -2.43. The molecule has 0 unspecified atom stereocenters. The first-order valence-corrected chi connectivity index (χ1v) is 4.87. The quantitative estimate of drug-likeness (QED) is 0.627. The number of hydrogen-bond donors (Lipinski definition) is 0. The second-order valence-electron chi connectivity index (χ2n) is 4.10. The van der Waals surface area contributed by atoms with Crippen LogP contribution in [-0.4, -0.2) is 29.8 Å². The molecular weight excluding hydrogens is 150 g/mol. The van der Waals surface area contributed by atoms with Gasteiger partial charge in [0, 0.05) is 12.5 Å². The van der Waals surface area contributed by atoms with Crippen molar-refractivity contribution in [2.24, 2.45) is 5.92 Å². The number of carbonyl (C=O) groups is 1. The van der Waals surface area contributed by atoms with Gasteiger partial charge < -0.3 is 0 Å². The molecule has 0 aliphatic carbocycles. The Morgan fingerprint density at radius 1 is 1.33 bits per heavy atom. The van der Waals surface area contributed by atoms with E-state index < -0.39 is 0 Å². The average Bonchev–Trinajstić information content (AvgIpc) is 2.03. The lowest BCUT2D eigenvalue weighted by molar-refractivity contribution is -0.123. The Hall–Kier alpha value is -0.370. The number of hydrogen-bond acceptors (Lipinski definition) is 2. The maximum atomic E-state index is 11.2. The lowest BCUT2D eigenvalue weighted by atomic mass is 10.0. The number of carbonyl (C=O) groups excluding carboxylic acids is 1. The van der Waals surface area contributed by atoms with E-state index in [0.29, 0.717) is 24.3 Å². The topological polar surface area (TPSA) is 20.3 Å². The predicted octanol–water partition coefficient (Wildman–Crippen LogP) is 1.70. The van der Waals surface area contributed by atoms with E-state index >= 15 is 0 Å². The molecule has 0 aromatic carbocycles. The van der Waals surface area contributed by atoms with Crippen LogP contribution < -0.4 is 0 Å². The Bertz CT molecular complexity index is 165. The molecule has 1 rings (SSSR count). The number of nitrogens with zero attached hydrogens (tertiary/aromatic N) is 1. The minimum atomic E-state index is 0.411. The fourth-order valence-electron chi connectivity index (χ4n) is 1.63. The Labute approximate surface area is 74.9 Å². The highest BCUT2D eigenvalue weighted by Crippen LogP contribution is 2.14. The van der Waals surface area contributed by atoms with Crippen LogP contribution >= 0.6 is 0 Å². The third-order valence-corrected chi connectivity index (χ3v) is 2.82. The standard InChI is InChI=1S/C10H19NO/c1-8(2)9(3)11-6-4-5-10(12)7-11/h8-9H,4-7H2,1-3H3/t9-/m1/s1. The summed E-state index contributed by atoms with van der Waals surface area (Å²) in [6.45, 7) is 8.42. The maximum absolute atomic E-state index is 11.2. The van der Waals surface area contributed by atoms with Gasteiger partial charge in [-0.15, -0.1) is 0 Å². The van der Waals surface area contributed by atoms with Gasteiger partial charge in [-0.2, -0.15) is 0 Å². The van der Waals surface area contributed by atoms with Crippen molar-refractivity contribution in [3.8, 4) is 0 Å². The molecular formula is C10H19NO. The molecule has 1 heterocycles. The second kappa shape index (κ2) is 4.04. The lowest BCUT2D eigenvalue weighted by Gasteiger charge is -2.33. The van der Waals surface area contributed by atoms with Crippen LogP contribution in [-0.2, 0) is 4.79 Å². The molecule has 0 radical (unpaired) electrons. The van der Waals surface area contributed by atoms with E-state index in [0.717, 1.165) is 19.4 Å². The summed E-state index contributed by atoms with van der Waals surface area (Å²) >= 11 is 0. The zero-order chi connectivity index (χ0) is 9.14. The highest BCUT2D eigenvalue weighted by atomic mass is 16.1. The third-order valence-electron chi connectivity index (χ3n) is 2.82. The first-order valence-electron chi connectivity index (χ1n) is 4.87. The molecule has 0 aromatic rings. The minimum Gasteiger partial charge on any atom is -0.298 e. The highest BCUT2D eigenvalue weighted by molar-refractivity contribution is 5.81. The van der Waals surface area contributed by atoms with Gasteiger partial charge in [0.1, 0.15) is 5.78 Å². The van der Waals surface area contributed by atoms with E-state index in [2.05, 4.69) is 25.7 Å². The van der Waals surface area contributed by atoms with Crippen LogP contribution in [0, 0.1) is 5.92 Å². The molecule has 0 spiro atoms. The summed E-state index contributed by atoms with van der Waals surface area (Å²) in [6.07, 6.45) is 1.84. The zero-order valence-corrected chi connectivity index (χ0v) is 8.34. The molecule has 12 heavy (non-hydrogen) atoms. The van der Waals surface area contributed by atoms with E-state index in [9.17, 15) is 4.79 Å². The number of Topliss-reactive ketones (excluding diaryl/α,β-unsaturated/α-hetero) is 1. The van der Waals surface area contributed by atoms with E-state index in [4.69, 9.17) is 0 Å². The Balaban J connectivity index is 2.45. The summed E-state index contributed by atoms with van der Waals surface area (Å²) in [5.41, 5.74) is 0. The van der Waals surface area contributed by atoms with Crippen molar-refractivity contribution in [3.05, 3.63) is 0 Å². The molecule has 0 N–H and O–H groups in total. The Kier molecular flexibility index (Phi) is 3.27. The first-order chi connectivity index (χ1) is 5.61. The van der Waals surface area contributed by atoms with Crippen LogP contribution in [0.3, 0.4) is 0 Å². The van der Waals surface area contributed by atoms with Crippen molar-refractivity contribution < 1.29 is 4.79 Å². The molecule has 1 saturated heterocycles. The smallest absolute Gasteiger partial charge is 0.146 e. The van der Waals surface area contributed by atoms with Crippen LogP contribution in [0.5, 0.6) is 0 Å². The van der Waals surface area contributed by atoms with Gasteiger partial charge >= 0.3 is 0 Å². The molecule has 1 atom stereocenters. The summed E-state index contributed by atoms with van der Waals surface area (Å²) in [7, 11) is 0. The molecule has 0 amide bonds. The summed E-state index contributed by atoms with van der Waals surface area (Å²) in [6, 6.07) is 0.550. The molecule has 2 heteroatoms. The summed E-state index contributed by atoms with van der Waals surface area (Å²) in [5.74, 6) is 1.06. The summed E-state index contributed by atoms with van der Waals surface area (Å²) < 4.78 is 0. The van der Waals surface area contributed by atoms with Crippen LogP contribution in [0.2, 0.25) is 0 Å². The van der Waals surface area contributed by atoms with Crippen LogP contribution in [0.4, 0.5) is 0 Å². The maximum Gasteiger partial charge on any atom is 0.146 e. The van der Waals surface area contributed by atoms with E-state index in [-0.39, 0.29) is 0 Å². The molecule has 0 bridgehead atoms. The van der Waals surface area contributed by atoms with Gasteiger partial charge in [-0.25, -0.2) is 0 Å². The number of piperidine rings is 1. The SMILES string of the molecule is CC(C)[C@@H](C)N1CCCC(=O)C1. The molecule has 70 valence electrons. The first kappa shape index (κ1) is 9.72. The third kappa shape index (κ3) is 2.31. The van der Waals surface area contributed by atoms with Crippen molar-refractivity contribution in [3.63, 3.8) is 0 Å². The van der Waals surface area contributed by atoms with Gasteiger partial charge in [0.2, 0.25) is 0 Å². The Morgan fingerprint density at radius 3 is 2.50 bits per heavy atom. The van der Waals surface area contributed by atoms with Crippen LogP contribution in [0.15, 0.2) is 0 Å². The van der Waals surface area contributed by atoms with E-state index in [1.165, 1.54) is 0 Å². The van der Waals surface area contributed by atoms with E-state index in [1.54, 1.807) is 0 Å². The zero-order valence-electron chi connectivity index (χ0n) is 8.34. The molecule has 1 aliphatic rings. The van der Waals surface area contributed by atoms with Crippen LogP contribution in [0.1, 0.15) is 33.6 Å². The van der Waals surface area contributed by atoms with Crippen molar-refractivity contribution in [1.82, 2.24) is 4.90 Å². The largest absolute Gasteiger partial charge is 0.298 e. The van der Waals surface area contributed by atoms with Gasteiger partial charge in [-0.05, 0) is 25.8 Å². The van der Waals surface area contributed by atoms with Crippen molar-refractivity contribution >= 4 is 5.78 Å². The molecule has 0 saturated carbocycles. The normalized spacial score (nSPS) is 23.2. The van der Waals surface area contributed by atoms with Gasteiger partial charge in [0.25, 0.3) is 0 Å². The number of rotatable bonds is 2. The fraction of sp³-hybridized carbons (Fsp3) is 0.900. The molecule has 1 aliphatic heterocycles. The fourth-order valence-corrected chi connectivity index (χ4v) is 1.63. The van der Waals surface area contributed by atoms with Crippen molar-refractivity contribution in [2.45, 2.75) is 39.7 Å².